The van der Waals surface area contributed by atoms with Gasteiger partial charge in [-0.1, -0.05) is 70.7 Å². The van der Waals surface area contributed by atoms with Gasteiger partial charge in [0.15, 0.2) is 6.54 Å². The molecule has 1 radical (unpaired) electrons. The average Bonchev–Trinajstić information content (AvgIpc) is 3.56. The van der Waals surface area contributed by atoms with Crippen LogP contribution in [0.25, 0.3) is 33.3 Å². The van der Waals surface area contributed by atoms with Gasteiger partial charge in [0.05, 0.1) is 0 Å². The van der Waals surface area contributed by atoms with Gasteiger partial charge < -0.3 is 9.40 Å². The largest absolute Gasteiger partial charge is 0.494 e. The molecule has 0 unspecified atom stereocenters. The van der Waals surface area contributed by atoms with Gasteiger partial charge in [-0.2, -0.15) is 6.07 Å². The van der Waals surface area contributed by atoms with Crippen LogP contribution >= 0.6 is 0 Å². The van der Waals surface area contributed by atoms with Crippen molar-refractivity contribution >= 4 is 45.1 Å². The maximum absolute atomic E-state index is 5.93. The molecule has 0 aliphatic carbocycles. The van der Waals surface area contributed by atoms with E-state index in [1.54, 1.807) is 6.20 Å². The van der Waals surface area contributed by atoms with E-state index in [2.05, 4.69) is 107 Å². The first kappa shape index (κ1) is 29.3. The minimum absolute atomic E-state index is 0. The minimum atomic E-state index is 0. The fourth-order valence-corrected chi connectivity index (χ4v) is 4.88. The summed E-state index contributed by atoms with van der Waals surface area (Å²) in [6.07, 6.45) is 5.95. The molecular weight excluding hydrogens is 697 g/mol. The Bertz CT molecular complexity index is 1950. The van der Waals surface area contributed by atoms with Crippen molar-refractivity contribution in [2.24, 2.45) is 0 Å². The van der Waals surface area contributed by atoms with Crippen LogP contribution in [0.1, 0.15) is 36.5 Å². The zero-order valence-corrected chi connectivity index (χ0v) is 26.6. The Morgan fingerprint density at radius 3 is 2.45 bits per heavy atom. The van der Waals surface area contributed by atoms with Crippen LogP contribution < -0.4 is 4.58 Å². The second kappa shape index (κ2) is 12.8. The third-order valence-electron chi connectivity index (χ3n) is 7.39. The van der Waals surface area contributed by atoms with Crippen LogP contribution in [0.4, 0.5) is 17.1 Å². The van der Waals surface area contributed by atoms with E-state index in [1.807, 2.05) is 36.5 Å². The first-order valence-corrected chi connectivity index (χ1v) is 14.1. The van der Waals surface area contributed by atoms with Gasteiger partial charge in [0.25, 0.3) is 11.4 Å². The summed E-state index contributed by atoms with van der Waals surface area (Å²) in [5.74, 6) is 0. The van der Waals surface area contributed by atoms with Crippen molar-refractivity contribution in [1.82, 2.24) is 14.5 Å². The maximum Gasteiger partial charge on any atom is 0.494 e. The van der Waals surface area contributed by atoms with Crippen LogP contribution in [0.2, 0.25) is 0 Å². The van der Waals surface area contributed by atoms with Gasteiger partial charge in [-0.05, 0) is 36.6 Å². The van der Waals surface area contributed by atoms with E-state index in [0.717, 1.165) is 58.4 Å². The van der Waals surface area contributed by atoms with Crippen LogP contribution in [0.5, 0.6) is 0 Å². The molecule has 3 aromatic heterocycles. The summed E-state index contributed by atoms with van der Waals surface area (Å²) in [6, 6.07) is 34.7. The molecule has 7 rings (SSSR count). The van der Waals surface area contributed by atoms with E-state index < -0.39 is 0 Å². The molecule has 1 aliphatic heterocycles. The van der Waals surface area contributed by atoms with Crippen molar-refractivity contribution in [2.75, 3.05) is 6.54 Å². The number of hydrogen-bond donors (Lipinski definition) is 0. The van der Waals surface area contributed by atoms with Crippen LogP contribution in [0.3, 0.4) is 0 Å². The van der Waals surface area contributed by atoms with E-state index in [9.17, 15) is 0 Å². The summed E-state index contributed by atoms with van der Waals surface area (Å²) in [6.45, 7) is 9.41. The number of furan rings is 1. The molecule has 4 heterocycles. The number of hydrogen-bond acceptors (Lipinski definition) is 3. The summed E-state index contributed by atoms with van der Waals surface area (Å²) in [7, 11) is 0. The van der Waals surface area contributed by atoms with Crippen molar-refractivity contribution in [1.29, 1.82) is 0 Å². The molecule has 0 bridgehead atoms. The third kappa shape index (κ3) is 5.89. The molecule has 1 aliphatic rings. The fourth-order valence-electron chi connectivity index (χ4n) is 4.88. The van der Waals surface area contributed by atoms with E-state index in [-0.39, 0.29) is 20.1 Å². The van der Waals surface area contributed by atoms with E-state index in [0.29, 0.717) is 5.71 Å². The molecule has 5 nitrogen and oxygen atoms in total. The maximum atomic E-state index is 5.93. The minimum Gasteiger partial charge on any atom is -0.465 e. The van der Waals surface area contributed by atoms with E-state index >= 15 is 0 Å². The standard InChI is InChI=1S/C22H18N3O.C14H14N.Ir/c1-2-3-13-24-15-25(20-9-5-4-8-19(20)24)16-10-11-17-18-7-6-12-23-22(18)26-21(17)14-16;1-10-4-6-13(7-5-10)14-8-11(2)12(3)9-15-14;/h4-9,11-12,14H,2-3,13H2,1H3;4-6,8-9H,1-3H3;/q+1;-1;. The number of para-hydroxylation sites is 2. The van der Waals surface area contributed by atoms with Crippen molar-refractivity contribution in [2.45, 2.75) is 40.5 Å². The second-order valence-electron chi connectivity index (χ2n) is 10.4. The predicted octanol–water partition coefficient (Wildman–Crippen LogP) is 8.72. The van der Waals surface area contributed by atoms with Gasteiger partial charge in [-0.15, -0.1) is 41.5 Å². The summed E-state index contributed by atoms with van der Waals surface area (Å²) in [4.78, 5) is 8.72. The van der Waals surface area contributed by atoms with Gasteiger partial charge in [-0.25, -0.2) is 4.98 Å². The van der Waals surface area contributed by atoms with Crippen molar-refractivity contribution in [3.63, 3.8) is 0 Å². The van der Waals surface area contributed by atoms with Crippen LogP contribution in [0, 0.1) is 32.9 Å². The number of benzene rings is 3. The number of unbranched alkanes of at least 4 members (excludes halogenated alkanes) is 1. The third-order valence-corrected chi connectivity index (χ3v) is 7.39. The SMILES string of the molecule is CCCC[N+]1=C=[N+](c2[c-]cc3c(c2)oc2ncccc23)c2ccccc21.Cc1c[c-]c(-c2cc(C)c(C)cn2)cc1.[Ir]. The number of pyridine rings is 2. The Balaban J connectivity index is 0.000000189. The molecule has 211 valence electrons. The summed E-state index contributed by atoms with van der Waals surface area (Å²) >= 11 is 0. The van der Waals surface area contributed by atoms with Crippen molar-refractivity contribution in [3.05, 3.63) is 114 Å². The molecule has 0 saturated heterocycles. The number of aromatic nitrogens is 2. The van der Waals surface area contributed by atoms with Gasteiger partial charge >= 0.3 is 6.01 Å². The van der Waals surface area contributed by atoms with Crippen LogP contribution in [0.15, 0.2) is 89.6 Å². The molecule has 0 fully saturated rings. The molecule has 6 heteroatoms. The van der Waals surface area contributed by atoms with E-state index in [1.165, 1.54) is 22.4 Å². The molecule has 0 spiro atoms. The Morgan fingerprint density at radius 2 is 1.69 bits per heavy atom. The molecule has 0 atom stereocenters. The van der Waals surface area contributed by atoms with Crippen LogP contribution in [-0.2, 0) is 20.1 Å². The van der Waals surface area contributed by atoms with Gasteiger partial charge in [0, 0.05) is 56.6 Å². The second-order valence-corrected chi connectivity index (χ2v) is 10.4. The Hall–Kier alpha value is -4.21. The first-order chi connectivity index (χ1) is 20.0. The Labute approximate surface area is 260 Å². The monoisotopic (exact) mass is 729 g/mol. The molecule has 6 aromatic rings. The first-order valence-electron chi connectivity index (χ1n) is 14.1. The quantitative estimate of drug-likeness (QED) is 0.132. The predicted molar refractivity (Wildman–Crippen MR) is 166 cm³/mol. The van der Waals surface area contributed by atoms with E-state index in [4.69, 9.17) is 4.42 Å². The van der Waals surface area contributed by atoms with Gasteiger partial charge in [-0.3, -0.25) is 0 Å². The summed E-state index contributed by atoms with van der Waals surface area (Å²) < 4.78 is 10.2. The summed E-state index contributed by atoms with van der Waals surface area (Å²) in [5.41, 5.74) is 10.5. The number of nitrogens with zero attached hydrogens (tertiary/aromatic N) is 4. The Kier molecular flexibility index (Phi) is 8.89. The molecule has 0 N–H and O–H groups in total. The zero-order chi connectivity index (χ0) is 28.3. The summed E-state index contributed by atoms with van der Waals surface area (Å²) in [5, 5.41) is 2.05. The fraction of sp³-hybridized carbons (Fsp3) is 0.194. The number of aryl methyl sites for hydroxylation is 3. The smallest absolute Gasteiger partial charge is 0.465 e. The molecule has 0 saturated carbocycles. The molecule has 3 aromatic carbocycles. The molecule has 42 heavy (non-hydrogen) atoms. The van der Waals surface area contributed by atoms with Crippen molar-refractivity contribution in [3.8, 4) is 11.3 Å². The Morgan fingerprint density at radius 1 is 0.857 bits per heavy atom. The topological polar surface area (TPSA) is 44.9 Å². The van der Waals surface area contributed by atoms with Crippen molar-refractivity contribution < 1.29 is 29.1 Å². The normalized spacial score (nSPS) is 11.8. The number of rotatable bonds is 5. The van der Waals surface area contributed by atoms with Gasteiger partial charge in [0.1, 0.15) is 5.69 Å². The molecular formula is C36H32IrN4O. The number of fused-ring (bicyclic) bond motifs is 4. The molecule has 0 amide bonds. The van der Waals surface area contributed by atoms with Crippen LogP contribution in [-0.4, -0.2) is 27.1 Å². The zero-order valence-electron chi connectivity index (χ0n) is 24.2. The van der Waals surface area contributed by atoms with Gasteiger partial charge in [0.2, 0.25) is 5.71 Å². The average molecular weight is 729 g/mol.